The van der Waals surface area contributed by atoms with Gasteiger partial charge >= 0.3 is 5.97 Å². The molecule has 2 N–H and O–H groups in total. The molecule has 102 valence electrons. The van der Waals surface area contributed by atoms with Gasteiger partial charge in [-0.1, -0.05) is 0 Å². The second-order valence-corrected chi connectivity index (χ2v) is 3.45. The van der Waals surface area contributed by atoms with Crippen LogP contribution in [0.2, 0.25) is 0 Å². The van der Waals surface area contributed by atoms with Crippen LogP contribution in [0.4, 0.5) is 0 Å². The summed E-state index contributed by atoms with van der Waals surface area (Å²) in [6.45, 7) is 4.54. The fourth-order valence-corrected chi connectivity index (χ4v) is 1.09. The summed E-state index contributed by atoms with van der Waals surface area (Å²) >= 11 is 0. The van der Waals surface area contributed by atoms with E-state index < -0.39 is 0 Å². The van der Waals surface area contributed by atoms with Crippen molar-refractivity contribution in [2.75, 3.05) is 46.8 Å². The van der Waals surface area contributed by atoms with E-state index in [1.807, 2.05) is 0 Å². The van der Waals surface area contributed by atoms with Crippen molar-refractivity contribution in [2.24, 2.45) is 5.73 Å². The highest BCUT2D eigenvalue weighted by Crippen LogP contribution is 1.93. The van der Waals surface area contributed by atoms with Gasteiger partial charge in [0, 0.05) is 13.2 Å². The number of nitrogens with two attached hydrogens (primary N) is 1. The van der Waals surface area contributed by atoms with E-state index in [-0.39, 0.29) is 18.4 Å². The summed E-state index contributed by atoms with van der Waals surface area (Å²) in [5.74, 6) is -0.292. The Labute approximate surface area is 102 Å². The van der Waals surface area contributed by atoms with Crippen LogP contribution >= 0.6 is 0 Å². The summed E-state index contributed by atoms with van der Waals surface area (Å²) in [5, 5.41) is 0. The first kappa shape index (κ1) is 16.3. The smallest absolute Gasteiger partial charge is 0.307 e. The van der Waals surface area contributed by atoms with Gasteiger partial charge < -0.3 is 24.7 Å². The summed E-state index contributed by atoms with van der Waals surface area (Å²) in [6, 6.07) is -0.326. The van der Waals surface area contributed by atoms with Gasteiger partial charge in [0.15, 0.2) is 0 Å². The number of hydrogen-bond acceptors (Lipinski definition) is 6. The Hall–Kier alpha value is -0.690. The highest BCUT2D eigenvalue weighted by Gasteiger charge is 2.09. The minimum absolute atomic E-state index is 0.179. The van der Waals surface area contributed by atoms with Crippen LogP contribution in [-0.4, -0.2) is 58.8 Å². The SMILES string of the molecule is CCOC(=O)CC(N)COCCOCCOC. The predicted molar refractivity (Wildman–Crippen MR) is 62.7 cm³/mol. The van der Waals surface area contributed by atoms with Crippen molar-refractivity contribution in [3.63, 3.8) is 0 Å². The fraction of sp³-hybridized carbons (Fsp3) is 0.909. The molecule has 0 rings (SSSR count). The van der Waals surface area contributed by atoms with E-state index in [1.54, 1.807) is 14.0 Å². The second-order valence-electron chi connectivity index (χ2n) is 3.45. The van der Waals surface area contributed by atoms with E-state index in [1.165, 1.54) is 0 Å². The molecule has 0 aliphatic rings. The van der Waals surface area contributed by atoms with Crippen molar-refractivity contribution in [3.8, 4) is 0 Å². The third-order valence-corrected chi connectivity index (χ3v) is 1.87. The molecule has 0 amide bonds. The van der Waals surface area contributed by atoms with Crippen LogP contribution in [0.1, 0.15) is 13.3 Å². The lowest BCUT2D eigenvalue weighted by atomic mass is 10.2. The van der Waals surface area contributed by atoms with E-state index in [4.69, 9.17) is 24.7 Å². The average Bonchev–Trinajstić information content (AvgIpc) is 2.28. The summed E-state index contributed by atoms with van der Waals surface area (Å²) in [7, 11) is 1.62. The Kier molecular flexibility index (Phi) is 11.3. The maximum atomic E-state index is 11.1. The molecule has 0 heterocycles. The summed E-state index contributed by atoms with van der Waals surface area (Å²) < 4.78 is 20.0. The van der Waals surface area contributed by atoms with Crippen molar-refractivity contribution in [1.29, 1.82) is 0 Å². The molecule has 17 heavy (non-hydrogen) atoms. The van der Waals surface area contributed by atoms with E-state index >= 15 is 0 Å². The van der Waals surface area contributed by atoms with Crippen molar-refractivity contribution in [3.05, 3.63) is 0 Å². The van der Waals surface area contributed by atoms with E-state index in [9.17, 15) is 4.79 Å². The third kappa shape index (κ3) is 11.6. The summed E-state index contributed by atoms with van der Waals surface area (Å²) in [4.78, 5) is 11.1. The average molecular weight is 249 g/mol. The van der Waals surface area contributed by atoms with Crippen LogP contribution in [0, 0.1) is 0 Å². The summed E-state index contributed by atoms with van der Waals surface area (Å²) in [5.41, 5.74) is 5.68. The minimum Gasteiger partial charge on any atom is -0.466 e. The predicted octanol–water partition coefficient (Wildman–Crippen LogP) is -0.0535. The van der Waals surface area contributed by atoms with Gasteiger partial charge in [-0.2, -0.15) is 0 Å². The van der Waals surface area contributed by atoms with Crippen LogP contribution in [0.5, 0.6) is 0 Å². The van der Waals surface area contributed by atoms with Crippen molar-refractivity contribution >= 4 is 5.97 Å². The molecule has 6 heteroatoms. The van der Waals surface area contributed by atoms with Gasteiger partial charge in [0.2, 0.25) is 0 Å². The summed E-state index contributed by atoms with van der Waals surface area (Å²) in [6.07, 6.45) is 0.179. The zero-order valence-electron chi connectivity index (χ0n) is 10.6. The first-order valence-corrected chi connectivity index (χ1v) is 5.76. The molecule has 0 spiro atoms. The molecular formula is C11H23NO5. The first-order chi connectivity index (χ1) is 8.20. The van der Waals surface area contributed by atoms with Gasteiger partial charge in [-0.25, -0.2) is 0 Å². The van der Waals surface area contributed by atoms with Crippen LogP contribution in [0.25, 0.3) is 0 Å². The molecule has 0 bridgehead atoms. The van der Waals surface area contributed by atoms with Gasteiger partial charge in [0.25, 0.3) is 0 Å². The van der Waals surface area contributed by atoms with Gasteiger partial charge in [-0.15, -0.1) is 0 Å². The van der Waals surface area contributed by atoms with Crippen LogP contribution in [-0.2, 0) is 23.7 Å². The first-order valence-electron chi connectivity index (χ1n) is 5.76. The molecule has 0 fully saturated rings. The highest BCUT2D eigenvalue weighted by molar-refractivity contribution is 5.70. The monoisotopic (exact) mass is 249 g/mol. The molecule has 0 aliphatic heterocycles. The lowest BCUT2D eigenvalue weighted by Crippen LogP contribution is -2.30. The van der Waals surface area contributed by atoms with E-state index in [0.717, 1.165) is 0 Å². The van der Waals surface area contributed by atoms with Gasteiger partial charge in [-0.3, -0.25) is 4.79 Å². The highest BCUT2D eigenvalue weighted by atomic mass is 16.5. The topological polar surface area (TPSA) is 80.0 Å². The Morgan fingerprint density at radius 3 is 2.47 bits per heavy atom. The van der Waals surface area contributed by atoms with Crippen LogP contribution in [0.15, 0.2) is 0 Å². The standard InChI is InChI=1S/C11H23NO5/c1-3-17-11(13)8-10(12)9-16-7-6-15-5-4-14-2/h10H,3-9,12H2,1-2H3. The van der Waals surface area contributed by atoms with Crippen molar-refractivity contribution in [1.82, 2.24) is 0 Å². The molecule has 0 radical (unpaired) electrons. The molecule has 0 aromatic heterocycles. The Bertz CT molecular complexity index is 189. The Morgan fingerprint density at radius 1 is 1.18 bits per heavy atom. The fourth-order valence-electron chi connectivity index (χ4n) is 1.09. The lowest BCUT2D eigenvalue weighted by Gasteiger charge is -2.11. The van der Waals surface area contributed by atoms with Crippen molar-refractivity contribution in [2.45, 2.75) is 19.4 Å². The quantitative estimate of drug-likeness (QED) is 0.408. The molecule has 0 saturated heterocycles. The number of carbonyl (C=O) groups is 1. The van der Waals surface area contributed by atoms with Crippen LogP contribution < -0.4 is 5.73 Å². The third-order valence-electron chi connectivity index (χ3n) is 1.87. The molecule has 0 saturated carbocycles. The van der Waals surface area contributed by atoms with Gasteiger partial charge in [0.1, 0.15) is 0 Å². The molecule has 0 aliphatic carbocycles. The molecule has 0 aromatic carbocycles. The number of hydrogen-bond donors (Lipinski definition) is 1. The van der Waals surface area contributed by atoms with Gasteiger partial charge in [-0.05, 0) is 6.92 Å². The molecule has 1 unspecified atom stereocenters. The van der Waals surface area contributed by atoms with Crippen molar-refractivity contribution < 1.29 is 23.7 Å². The van der Waals surface area contributed by atoms with Gasteiger partial charge in [0.05, 0.1) is 46.1 Å². The van der Waals surface area contributed by atoms with E-state index in [2.05, 4.69) is 0 Å². The zero-order chi connectivity index (χ0) is 12.9. The number of methoxy groups -OCH3 is 1. The normalized spacial score (nSPS) is 12.4. The Balaban J connectivity index is 3.27. The molecule has 1 atom stereocenters. The number of carbonyl (C=O) groups excluding carboxylic acids is 1. The molecule has 6 nitrogen and oxygen atoms in total. The largest absolute Gasteiger partial charge is 0.466 e. The lowest BCUT2D eigenvalue weighted by molar-refractivity contribution is -0.143. The maximum Gasteiger partial charge on any atom is 0.307 e. The number of ether oxygens (including phenoxy) is 4. The minimum atomic E-state index is -0.326. The Morgan fingerprint density at radius 2 is 1.82 bits per heavy atom. The van der Waals surface area contributed by atoms with E-state index in [0.29, 0.717) is 39.6 Å². The number of esters is 1. The maximum absolute atomic E-state index is 11.1. The molecule has 0 aromatic rings. The number of rotatable bonds is 11. The second kappa shape index (κ2) is 11.8. The van der Waals surface area contributed by atoms with Crippen LogP contribution in [0.3, 0.4) is 0 Å². The zero-order valence-corrected chi connectivity index (χ0v) is 10.6. The molecular weight excluding hydrogens is 226 g/mol.